The molecule has 1 atom stereocenters. The molecule has 1 aromatic rings. The van der Waals surface area contributed by atoms with Crippen LogP contribution < -0.4 is 0 Å². The van der Waals surface area contributed by atoms with Gasteiger partial charge >= 0.3 is 11.9 Å². The summed E-state index contributed by atoms with van der Waals surface area (Å²) in [5.74, 6) is -1.08. The molecule has 0 aliphatic heterocycles. The molecule has 0 bridgehead atoms. The first kappa shape index (κ1) is 16.1. The molecule has 112 valence electrons. The van der Waals surface area contributed by atoms with Gasteiger partial charge in [0, 0.05) is 25.8 Å². The Morgan fingerprint density at radius 2 is 2.05 bits per heavy atom. The van der Waals surface area contributed by atoms with E-state index >= 15 is 0 Å². The van der Waals surface area contributed by atoms with Gasteiger partial charge < -0.3 is 9.84 Å². The number of hydrogen-bond donors (Lipinski definition) is 1. The molecule has 0 saturated heterocycles. The fraction of sp³-hybridized carbons (Fsp3) is 0.692. The third kappa shape index (κ3) is 4.64. The molecule has 0 aliphatic rings. The van der Waals surface area contributed by atoms with Crippen molar-refractivity contribution < 1.29 is 19.4 Å². The Balaban J connectivity index is 2.67. The molecule has 20 heavy (non-hydrogen) atoms. The van der Waals surface area contributed by atoms with Crippen molar-refractivity contribution in [2.24, 2.45) is 7.05 Å². The second-order valence-corrected chi connectivity index (χ2v) is 4.78. The number of methoxy groups -OCH3 is 1. The molecule has 0 fully saturated rings. The summed E-state index contributed by atoms with van der Waals surface area (Å²) in [5.41, 5.74) is 1.75. The van der Waals surface area contributed by atoms with Crippen molar-refractivity contribution in [3.63, 3.8) is 0 Å². The minimum Gasteiger partial charge on any atom is -0.481 e. The highest BCUT2D eigenvalue weighted by Gasteiger charge is 2.20. The van der Waals surface area contributed by atoms with Crippen molar-refractivity contribution in [3.8, 4) is 0 Å². The summed E-state index contributed by atoms with van der Waals surface area (Å²) in [6.07, 6.45) is 2.25. The molecule has 7 nitrogen and oxygen atoms in total. The lowest BCUT2D eigenvalue weighted by atomic mass is 9.92. The average Bonchev–Trinajstić information content (AvgIpc) is 2.73. The van der Waals surface area contributed by atoms with Gasteiger partial charge in [-0.25, -0.2) is 0 Å². The lowest BCUT2D eigenvalue weighted by molar-refractivity contribution is -0.141. The van der Waals surface area contributed by atoms with Crippen molar-refractivity contribution in [1.29, 1.82) is 0 Å². The third-order valence-electron chi connectivity index (χ3n) is 3.40. The van der Waals surface area contributed by atoms with E-state index in [1.807, 2.05) is 6.92 Å². The Morgan fingerprint density at radius 3 is 2.55 bits per heavy atom. The first-order valence-electron chi connectivity index (χ1n) is 6.60. The van der Waals surface area contributed by atoms with Crippen LogP contribution in [0.25, 0.3) is 0 Å². The molecule has 1 N–H and O–H groups in total. The first-order valence-corrected chi connectivity index (χ1v) is 6.60. The topological polar surface area (TPSA) is 94.3 Å². The van der Waals surface area contributed by atoms with E-state index in [1.54, 1.807) is 11.7 Å². The van der Waals surface area contributed by atoms with Gasteiger partial charge in [-0.2, -0.15) is 0 Å². The van der Waals surface area contributed by atoms with E-state index in [9.17, 15) is 9.59 Å². The fourth-order valence-electron chi connectivity index (χ4n) is 2.11. The molecule has 1 rings (SSSR count). The number of rotatable bonds is 8. The zero-order chi connectivity index (χ0) is 15.1. The average molecular weight is 283 g/mol. The van der Waals surface area contributed by atoms with Crippen LogP contribution in [0.15, 0.2) is 0 Å². The summed E-state index contributed by atoms with van der Waals surface area (Å²) < 4.78 is 6.27. The molecule has 1 heterocycles. The summed E-state index contributed by atoms with van der Waals surface area (Å²) in [4.78, 5) is 21.9. The molecular weight excluding hydrogens is 262 g/mol. The predicted octanol–water partition coefficient (Wildman–Crippen LogP) is 1.42. The van der Waals surface area contributed by atoms with Crippen LogP contribution in [0, 0.1) is 6.92 Å². The highest BCUT2D eigenvalue weighted by molar-refractivity contribution is 5.69. The van der Waals surface area contributed by atoms with Gasteiger partial charge in [0.2, 0.25) is 0 Å². The zero-order valence-corrected chi connectivity index (χ0v) is 12.1. The van der Waals surface area contributed by atoms with Gasteiger partial charge in [0.15, 0.2) is 0 Å². The smallest absolute Gasteiger partial charge is 0.305 e. The standard InChI is InChI=1S/C13H21N3O4/c1-9-13(14-15-16(9)2)10(7-8-11(17)18)5-4-6-12(19)20-3/h10H,4-8H2,1-3H3,(H,17,18). The van der Waals surface area contributed by atoms with Crippen LogP contribution in [-0.4, -0.2) is 39.1 Å². The van der Waals surface area contributed by atoms with Gasteiger partial charge in [0.25, 0.3) is 0 Å². The lowest BCUT2D eigenvalue weighted by Crippen LogP contribution is -2.08. The minimum atomic E-state index is -0.829. The Kier molecular flexibility index (Phi) is 6.14. The third-order valence-corrected chi connectivity index (χ3v) is 3.40. The van der Waals surface area contributed by atoms with Crippen molar-refractivity contribution in [2.75, 3.05) is 7.11 Å². The van der Waals surface area contributed by atoms with Crippen LogP contribution in [0.5, 0.6) is 0 Å². The highest BCUT2D eigenvalue weighted by atomic mass is 16.5. The maximum atomic E-state index is 11.1. The number of aliphatic carboxylic acids is 1. The van der Waals surface area contributed by atoms with E-state index in [0.717, 1.165) is 11.4 Å². The SMILES string of the molecule is COC(=O)CCCC(CCC(=O)O)c1nnn(C)c1C. The number of carbonyl (C=O) groups excluding carboxylic acids is 1. The van der Waals surface area contributed by atoms with Crippen LogP contribution >= 0.6 is 0 Å². The summed E-state index contributed by atoms with van der Waals surface area (Å²) in [5, 5.41) is 16.9. The maximum absolute atomic E-state index is 11.1. The Hall–Kier alpha value is -1.92. The summed E-state index contributed by atoms with van der Waals surface area (Å²) in [6, 6.07) is 0. The Labute approximate surface area is 117 Å². The molecule has 0 spiro atoms. The number of nitrogens with zero attached hydrogens (tertiary/aromatic N) is 3. The van der Waals surface area contributed by atoms with Crippen molar-refractivity contribution in [1.82, 2.24) is 15.0 Å². The molecule has 1 aromatic heterocycles. The molecule has 7 heteroatoms. The summed E-state index contributed by atoms with van der Waals surface area (Å²) >= 11 is 0. The number of carboxylic acids is 1. The number of aryl methyl sites for hydroxylation is 1. The lowest BCUT2D eigenvalue weighted by Gasteiger charge is -2.14. The van der Waals surface area contributed by atoms with E-state index in [4.69, 9.17) is 5.11 Å². The van der Waals surface area contributed by atoms with E-state index in [-0.39, 0.29) is 18.3 Å². The number of aromatic nitrogens is 3. The van der Waals surface area contributed by atoms with Crippen LogP contribution in [0.1, 0.15) is 49.4 Å². The number of carbonyl (C=O) groups is 2. The first-order chi connectivity index (χ1) is 9.45. The van der Waals surface area contributed by atoms with Crippen LogP contribution in [-0.2, 0) is 21.4 Å². The van der Waals surface area contributed by atoms with Gasteiger partial charge in [-0.05, 0) is 26.2 Å². The zero-order valence-electron chi connectivity index (χ0n) is 12.1. The highest BCUT2D eigenvalue weighted by Crippen LogP contribution is 2.27. The molecule has 0 radical (unpaired) electrons. The number of ether oxygens (including phenoxy) is 1. The van der Waals surface area contributed by atoms with Crippen molar-refractivity contribution in [2.45, 2.75) is 44.9 Å². The number of carboxylic acid groups (broad SMARTS) is 1. The van der Waals surface area contributed by atoms with Crippen molar-refractivity contribution in [3.05, 3.63) is 11.4 Å². The monoisotopic (exact) mass is 283 g/mol. The van der Waals surface area contributed by atoms with Crippen molar-refractivity contribution >= 4 is 11.9 Å². The molecule has 0 amide bonds. The minimum absolute atomic E-state index is 0.00413. The van der Waals surface area contributed by atoms with Crippen LogP contribution in [0.3, 0.4) is 0 Å². The summed E-state index contributed by atoms with van der Waals surface area (Å²) in [7, 11) is 3.16. The largest absolute Gasteiger partial charge is 0.481 e. The van der Waals surface area contributed by atoms with E-state index < -0.39 is 5.97 Å². The molecule has 0 aromatic carbocycles. The van der Waals surface area contributed by atoms with Crippen LogP contribution in [0.4, 0.5) is 0 Å². The number of esters is 1. The van der Waals surface area contributed by atoms with Gasteiger partial charge in [0.1, 0.15) is 0 Å². The Bertz CT molecular complexity index is 470. The van der Waals surface area contributed by atoms with Gasteiger partial charge in [-0.3, -0.25) is 14.3 Å². The summed E-state index contributed by atoms with van der Waals surface area (Å²) in [6.45, 7) is 1.91. The molecular formula is C13H21N3O4. The Morgan fingerprint density at radius 1 is 1.35 bits per heavy atom. The molecule has 0 saturated carbocycles. The second kappa shape index (κ2) is 7.62. The number of hydrogen-bond acceptors (Lipinski definition) is 5. The molecule has 0 aliphatic carbocycles. The molecule has 1 unspecified atom stereocenters. The second-order valence-electron chi connectivity index (χ2n) is 4.78. The predicted molar refractivity (Wildman–Crippen MR) is 71.2 cm³/mol. The van der Waals surface area contributed by atoms with Gasteiger partial charge in [0.05, 0.1) is 18.5 Å². The quantitative estimate of drug-likeness (QED) is 0.725. The fourth-order valence-corrected chi connectivity index (χ4v) is 2.11. The van der Waals surface area contributed by atoms with E-state index in [1.165, 1.54) is 7.11 Å². The normalized spacial score (nSPS) is 12.2. The van der Waals surface area contributed by atoms with Gasteiger partial charge in [-0.15, -0.1) is 5.10 Å². The maximum Gasteiger partial charge on any atom is 0.305 e. The van der Waals surface area contributed by atoms with E-state index in [0.29, 0.717) is 25.7 Å². The van der Waals surface area contributed by atoms with Crippen LogP contribution in [0.2, 0.25) is 0 Å². The van der Waals surface area contributed by atoms with Gasteiger partial charge in [-0.1, -0.05) is 5.21 Å². The van der Waals surface area contributed by atoms with E-state index in [2.05, 4.69) is 15.0 Å².